The summed E-state index contributed by atoms with van der Waals surface area (Å²) in [5, 5.41) is 0. The summed E-state index contributed by atoms with van der Waals surface area (Å²) in [6, 6.07) is 0. The molecule has 2 nitrogen and oxygen atoms in total. The Morgan fingerprint density at radius 1 is 0.833 bits per heavy atom. The molecule has 0 aromatic rings. The first-order valence-corrected chi connectivity index (χ1v) is 9.05. The molecule has 0 radical (unpaired) electrons. The molecular weight excluding hydrogens is 292 g/mol. The van der Waals surface area contributed by atoms with E-state index in [1.165, 1.54) is 0 Å². The molecule has 0 N–H and O–H groups in total. The Labute approximate surface area is 151 Å². The van der Waals surface area contributed by atoms with Crippen LogP contribution >= 0.6 is 0 Å². The second-order valence-electron chi connectivity index (χ2n) is 5.48. The topological polar surface area (TPSA) is 24.7 Å². The van der Waals surface area contributed by atoms with Gasteiger partial charge in [0.2, 0.25) is 0 Å². The van der Waals surface area contributed by atoms with Crippen LogP contribution in [-0.4, -0.2) is 12.4 Å². The van der Waals surface area contributed by atoms with Crippen molar-refractivity contribution in [1.82, 2.24) is 0 Å². The molecule has 0 rings (SSSR count). The first-order chi connectivity index (χ1) is 11.3. The quantitative estimate of drug-likeness (QED) is 0.342. The van der Waals surface area contributed by atoms with Crippen molar-refractivity contribution in [2.75, 3.05) is 0 Å². The molecule has 0 aliphatic heterocycles. The van der Waals surface area contributed by atoms with Crippen LogP contribution in [0.3, 0.4) is 0 Å². The minimum atomic E-state index is 0.421. The lowest BCUT2D eigenvalue weighted by Crippen LogP contribution is -2.05. The fraction of sp³-hybridized carbons (Fsp3) is 0.545. The van der Waals surface area contributed by atoms with Crippen molar-refractivity contribution in [2.24, 2.45) is 21.8 Å². The van der Waals surface area contributed by atoms with E-state index < -0.39 is 0 Å². The molecule has 0 bridgehead atoms. The van der Waals surface area contributed by atoms with Gasteiger partial charge in [0.15, 0.2) is 0 Å². The third kappa shape index (κ3) is 11.8. The molecule has 0 aliphatic carbocycles. The Morgan fingerprint density at radius 2 is 1.33 bits per heavy atom. The fourth-order valence-corrected chi connectivity index (χ4v) is 1.36. The van der Waals surface area contributed by atoms with Crippen LogP contribution in [0.4, 0.5) is 0 Å². The summed E-state index contributed by atoms with van der Waals surface area (Å²) < 4.78 is 0. The van der Waals surface area contributed by atoms with Gasteiger partial charge in [-0.2, -0.15) is 0 Å². The number of hydrogen-bond donors (Lipinski definition) is 0. The third-order valence-corrected chi connectivity index (χ3v) is 3.18. The highest BCUT2D eigenvalue weighted by Crippen LogP contribution is 2.22. The van der Waals surface area contributed by atoms with Gasteiger partial charge in [-0.25, -0.2) is 0 Å². The lowest BCUT2D eigenvalue weighted by molar-refractivity contribution is 0.540. The van der Waals surface area contributed by atoms with Crippen molar-refractivity contribution in [3.8, 4) is 0 Å². The van der Waals surface area contributed by atoms with Gasteiger partial charge in [0.1, 0.15) is 0 Å². The van der Waals surface area contributed by atoms with Crippen LogP contribution in [0.1, 0.15) is 69.2 Å². The predicted octanol–water partition coefficient (Wildman–Crippen LogP) is 7.41. The smallest absolute Gasteiger partial charge is 0.0910 e. The van der Waals surface area contributed by atoms with Crippen LogP contribution in [0.2, 0.25) is 0 Å². The zero-order valence-electron chi connectivity index (χ0n) is 17.8. The summed E-state index contributed by atoms with van der Waals surface area (Å²) in [6.07, 6.45) is 7.18. The van der Waals surface area contributed by atoms with E-state index in [4.69, 9.17) is 0 Å². The van der Waals surface area contributed by atoms with Gasteiger partial charge in [-0.1, -0.05) is 73.8 Å². The molecule has 0 saturated carbocycles. The zero-order chi connectivity index (χ0) is 19.7. The second kappa shape index (κ2) is 17.7. The monoisotopic (exact) mass is 332 g/mol. The highest BCUT2D eigenvalue weighted by molar-refractivity contribution is 5.73. The summed E-state index contributed by atoms with van der Waals surface area (Å²) in [5.41, 5.74) is 3.91. The summed E-state index contributed by atoms with van der Waals surface area (Å²) in [6.45, 7) is 28.1. The van der Waals surface area contributed by atoms with E-state index in [0.717, 1.165) is 22.5 Å². The van der Waals surface area contributed by atoms with Gasteiger partial charge in [0.25, 0.3) is 0 Å². The van der Waals surface area contributed by atoms with Gasteiger partial charge < -0.3 is 0 Å². The molecule has 0 fully saturated rings. The molecule has 0 aromatic carbocycles. The molecular formula is C22H40N2. The average Bonchev–Trinajstić information content (AvgIpc) is 2.59. The first-order valence-electron chi connectivity index (χ1n) is 9.05. The first kappa shape index (κ1) is 27.2. The van der Waals surface area contributed by atoms with Crippen LogP contribution in [0.5, 0.6) is 0 Å². The van der Waals surface area contributed by atoms with E-state index in [9.17, 15) is 0 Å². The summed E-state index contributed by atoms with van der Waals surface area (Å²) in [7, 11) is 0. The Hall–Kier alpha value is -1.70. The average molecular weight is 333 g/mol. The van der Waals surface area contributed by atoms with Crippen molar-refractivity contribution in [3.05, 3.63) is 47.9 Å². The van der Waals surface area contributed by atoms with Gasteiger partial charge in [0.05, 0.1) is 11.4 Å². The van der Waals surface area contributed by atoms with Gasteiger partial charge in [-0.15, -0.1) is 0 Å². The molecule has 2 heteroatoms. The van der Waals surface area contributed by atoms with E-state index in [2.05, 4.69) is 43.9 Å². The minimum absolute atomic E-state index is 0.421. The Balaban J connectivity index is -0.00000102. The molecule has 1 atom stereocenters. The number of aliphatic imine (C=N–C) groups is 2. The maximum atomic E-state index is 4.67. The highest BCUT2D eigenvalue weighted by atomic mass is 14.8. The molecule has 0 aliphatic rings. The molecule has 0 spiro atoms. The Morgan fingerprint density at radius 3 is 1.67 bits per heavy atom. The Bertz CT molecular complexity index is 456. The van der Waals surface area contributed by atoms with Crippen LogP contribution in [0, 0.1) is 11.8 Å². The molecule has 1 unspecified atom stereocenters. The molecule has 138 valence electrons. The number of nitrogens with zero attached hydrogens (tertiary/aromatic N) is 2. The zero-order valence-corrected chi connectivity index (χ0v) is 17.8. The van der Waals surface area contributed by atoms with Crippen LogP contribution in [-0.2, 0) is 0 Å². The lowest BCUT2D eigenvalue weighted by atomic mass is 9.99. The highest BCUT2D eigenvalue weighted by Gasteiger charge is 2.09. The van der Waals surface area contributed by atoms with Crippen LogP contribution in [0.15, 0.2) is 57.8 Å². The van der Waals surface area contributed by atoms with Crippen molar-refractivity contribution >= 4 is 12.4 Å². The van der Waals surface area contributed by atoms with Crippen molar-refractivity contribution in [2.45, 2.75) is 69.2 Å². The number of allylic oxidation sites excluding steroid dienone is 4. The lowest BCUT2D eigenvalue weighted by Gasteiger charge is -2.12. The van der Waals surface area contributed by atoms with Crippen molar-refractivity contribution in [1.29, 1.82) is 0 Å². The number of rotatable bonds is 7. The maximum Gasteiger partial charge on any atom is 0.0910 e. The van der Waals surface area contributed by atoms with Crippen LogP contribution < -0.4 is 0 Å². The van der Waals surface area contributed by atoms with Gasteiger partial charge in [-0.3, -0.25) is 9.98 Å². The molecule has 24 heavy (non-hydrogen) atoms. The van der Waals surface area contributed by atoms with Crippen molar-refractivity contribution in [3.63, 3.8) is 0 Å². The largest absolute Gasteiger partial charge is 0.258 e. The van der Waals surface area contributed by atoms with Crippen LogP contribution in [0.25, 0.3) is 0 Å². The maximum absolute atomic E-state index is 4.67. The number of hydrogen-bond acceptors (Lipinski definition) is 2. The van der Waals surface area contributed by atoms with E-state index in [0.29, 0.717) is 11.8 Å². The van der Waals surface area contributed by atoms with Gasteiger partial charge in [-0.05, 0) is 43.8 Å². The third-order valence-electron chi connectivity index (χ3n) is 3.18. The molecule has 0 amide bonds. The summed E-state index contributed by atoms with van der Waals surface area (Å²) in [5.74, 6) is 0.986. The molecule has 0 aromatic heterocycles. The van der Waals surface area contributed by atoms with E-state index >= 15 is 0 Å². The predicted molar refractivity (Wildman–Crippen MR) is 115 cm³/mol. The van der Waals surface area contributed by atoms with E-state index in [-0.39, 0.29) is 0 Å². The summed E-state index contributed by atoms with van der Waals surface area (Å²) >= 11 is 0. The summed E-state index contributed by atoms with van der Waals surface area (Å²) in [4.78, 5) is 9.12. The van der Waals surface area contributed by atoms with Gasteiger partial charge >= 0.3 is 0 Å². The second-order valence-corrected chi connectivity index (χ2v) is 5.48. The fourth-order valence-electron chi connectivity index (χ4n) is 1.36. The van der Waals surface area contributed by atoms with Crippen molar-refractivity contribution < 1.29 is 0 Å². The minimum Gasteiger partial charge on any atom is -0.258 e. The van der Waals surface area contributed by atoms with E-state index in [1.807, 2.05) is 60.8 Å². The molecule has 0 saturated heterocycles. The SMILES string of the molecule is C=CC=NC(=C(C)C)/C(N=CC(C)C(C)C)=C(/C)C=C.CC.CC. The normalized spacial score (nSPS) is 12.6. The van der Waals surface area contributed by atoms with Gasteiger partial charge in [0, 0.05) is 12.4 Å². The Kier molecular flexibility index (Phi) is 20.0. The van der Waals surface area contributed by atoms with E-state index in [1.54, 1.807) is 12.3 Å². The molecule has 0 heterocycles. The standard InChI is InChI=1S/C18H28N2.2C2H6/c1-9-11-19-17(14(5)6)18(15(7)10-2)20-12-16(8)13(3)4;2*1-2/h9-13,16H,1-2H2,3-8H3;2*1-2H3/b18-15+,19-11?,20-12?;;.